The molecule has 0 aliphatic carbocycles. The van der Waals surface area contributed by atoms with E-state index in [0.29, 0.717) is 12.0 Å². The molecule has 4 nitrogen and oxygen atoms in total. The average Bonchev–Trinajstić information content (AvgIpc) is 2.46. The molecule has 3 rings (SSSR count). The third-order valence-electron chi connectivity index (χ3n) is 4.70. The number of nitrogens with zero attached hydrogens (tertiary/aromatic N) is 2. The van der Waals surface area contributed by atoms with E-state index in [-0.39, 0.29) is 5.91 Å². The number of benzene rings is 1. The number of piperazine rings is 1. The highest BCUT2D eigenvalue weighted by molar-refractivity contribution is 5.94. The monoisotopic (exact) mass is 287 g/mol. The Morgan fingerprint density at radius 3 is 2.19 bits per heavy atom. The molecule has 1 aromatic rings. The number of amides is 1. The maximum absolute atomic E-state index is 12.5. The molecule has 2 aliphatic rings. The minimum absolute atomic E-state index is 0.177. The zero-order chi connectivity index (χ0) is 14.8. The van der Waals surface area contributed by atoms with Crippen LogP contribution in [-0.2, 0) is 0 Å². The molecule has 0 atom stereocenters. The van der Waals surface area contributed by atoms with Gasteiger partial charge in [-0.3, -0.25) is 9.69 Å². The molecule has 1 aromatic carbocycles. The summed E-state index contributed by atoms with van der Waals surface area (Å²) in [7, 11) is 0. The number of hydrogen-bond acceptors (Lipinski definition) is 3. The van der Waals surface area contributed by atoms with Crippen molar-refractivity contribution < 1.29 is 4.79 Å². The van der Waals surface area contributed by atoms with Crippen LogP contribution in [0.15, 0.2) is 24.3 Å². The standard InChI is InChI=1S/C17H25N3O/c1-13(2)14-3-5-15(6-4-14)17(21)20-9-7-19(8-10-20)16-11-18-12-16/h3-6,13,16,18H,7-12H2,1-2H3. The van der Waals surface area contributed by atoms with Crippen LogP contribution in [0.2, 0.25) is 0 Å². The van der Waals surface area contributed by atoms with Crippen molar-refractivity contribution in [3.63, 3.8) is 0 Å². The first-order valence-electron chi connectivity index (χ1n) is 7.99. The lowest BCUT2D eigenvalue weighted by Gasteiger charge is -2.43. The van der Waals surface area contributed by atoms with Crippen LogP contribution in [0.25, 0.3) is 0 Å². The number of nitrogens with one attached hydrogen (secondary N) is 1. The zero-order valence-electron chi connectivity index (χ0n) is 13.0. The molecule has 1 amide bonds. The molecule has 2 heterocycles. The Bertz CT molecular complexity index is 485. The van der Waals surface area contributed by atoms with Gasteiger partial charge in [0.2, 0.25) is 0 Å². The number of rotatable bonds is 3. The van der Waals surface area contributed by atoms with E-state index in [1.807, 2.05) is 17.0 Å². The first kappa shape index (κ1) is 14.5. The second kappa shape index (κ2) is 6.16. The van der Waals surface area contributed by atoms with E-state index >= 15 is 0 Å². The van der Waals surface area contributed by atoms with Gasteiger partial charge in [0.1, 0.15) is 0 Å². The number of hydrogen-bond donors (Lipinski definition) is 1. The van der Waals surface area contributed by atoms with Gasteiger partial charge in [-0.25, -0.2) is 0 Å². The van der Waals surface area contributed by atoms with Crippen LogP contribution in [0, 0.1) is 0 Å². The second-order valence-electron chi connectivity index (χ2n) is 6.42. The molecule has 2 aliphatic heterocycles. The minimum atomic E-state index is 0.177. The zero-order valence-corrected chi connectivity index (χ0v) is 13.0. The van der Waals surface area contributed by atoms with Crippen molar-refractivity contribution in [3.05, 3.63) is 35.4 Å². The molecule has 114 valence electrons. The molecule has 4 heteroatoms. The van der Waals surface area contributed by atoms with E-state index in [1.165, 1.54) is 5.56 Å². The van der Waals surface area contributed by atoms with Gasteiger partial charge in [-0.1, -0.05) is 26.0 Å². The van der Waals surface area contributed by atoms with Crippen molar-refractivity contribution in [2.24, 2.45) is 0 Å². The maximum Gasteiger partial charge on any atom is 0.253 e. The van der Waals surface area contributed by atoms with Crippen LogP contribution in [0.4, 0.5) is 0 Å². The molecule has 0 spiro atoms. The van der Waals surface area contributed by atoms with Crippen molar-refractivity contribution in [1.82, 2.24) is 15.1 Å². The largest absolute Gasteiger partial charge is 0.336 e. The normalized spacial score (nSPS) is 20.6. The molecule has 2 fully saturated rings. The van der Waals surface area contributed by atoms with Crippen molar-refractivity contribution >= 4 is 5.91 Å². The summed E-state index contributed by atoms with van der Waals surface area (Å²) < 4.78 is 0. The highest BCUT2D eigenvalue weighted by atomic mass is 16.2. The van der Waals surface area contributed by atoms with Crippen LogP contribution >= 0.6 is 0 Å². The smallest absolute Gasteiger partial charge is 0.253 e. The highest BCUT2D eigenvalue weighted by Gasteiger charge is 2.29. The number of carbonyl (C=O) groups excluding carboxylic acids is 1. The predicted molar refractivity (Wildman–Crippen MR) is 84.7 cm³/mol. The van der Waals surface area contributed by atoms with E-state index < -0.39 is 0 Å². The molecule has 1 N–H and O–H groups in total. The molecule has 0 saturated carbocycles. The van der Waals surface area contributed by atoms with Crippen molar-refractivity contribution in [3.8, 4) is 0 Å². The molecular weight excluding hydrogens is 262 g/mol. The van der Waals surface area contributed by atoms with Gasteiger partial charge >= 0.3 is 0 Å². The molecule has 0 unspecified atom stereocenters. The Labute approximate surface area is 127 Å². The van der Waals surface area contributed by atoms with E-state index in [1.54, 1.807) is 0 Å². The summed E-state index contributed by atoms with van der Waals surface area (Å²) in [6.07, 6.45) is 0. The maximum atomic E-state index is 12.5. The fraction of sp³-hybridized carbons (Fsp3) is 0.588. The Balaban J connectivity index is 1.58. The van der Waals surface area contributed by atoms with Crippen LogP contribution in [0.1, 0.15) is 35.7 Å². The topological polar surface area (TPSA) is 35.6 Å². The third kappa shape index (κ3) is 3.11. The van der Waals surface area contributed by atoms with Crippen LogP contribution in [0.3, 0.4) is 0 Å². The summed E-state index contributed by atoms with van der Waals surface area (Å²) in [4.78, 5) is 17.0. The summed E-state index contributed by atoms with van der Waals surface area (Å²) in [5.41, 5.74) is 2.10. The molecule has 0 bridgehead atoms. The molecule has 0 aromatic heterocycles. The van der Waals surface area contributed by atoms with E-state index in [4.69, 9.17) is 0 Å². The highest BCUT2D eigenvalue weighted by Crippen LogP contribution is 2.17. The van der Waals surface area contributed by atoms with Gasteiger partial charge < -0.3 is 10.2 Å². The second-order valence-corrected chi connectivity index (χ2v) is 6.42. The lowest BCUT2D eigenvalue weighted by molar-refractivity contribution is 0.0502. The first-order chi connectivity index (χ1) is 10.1. The summed E-state index contributed by atoms with van der Waals surface area (Å²) >= 11 is 0. The van der Waals surface area contributed by atoms with Crippen molar-refractivity contribution in [1.29, 1.82) is 0 Å². The van der Waals surface area contributed by atoms with Gasteiger partial charge in [-0.15, -0.1) is 0 Å². The molecule has 21 heavy (non-hydrogen) atoms. The quantitative estimate of drug-likeness (QED) is 0.916. The summed E-state index contributed by atoms with van der Waals surface area (Å²) in [6, 6.07) is 8.79. The van der Waals surface area contributed by atoms with Gasteiger partial charge in [0.25, 0.3) is 5.91 Å². The lowest BCUT2D eigenvalue weighted by Crippen LogP contribution is -2.62. The van der Waals surface area contributed by atoms with E-state index in [9.17, 15) is 4.79 Å². The lowest BCUT2D eigenvalue weighted by atomic mass is 10.0. The minimum Gasteiger partial charge on any atom is -0.336 e. The number of carbonyl (C=O) groups is 1. The summed E-state index contributed by atoms with van der Waals surface area (Å²) in [5, 5.41) is 3.31. The van der Waals surface area contributed by atoms with Gasteiger partial charge in [0.05, 0.1) is 0 Å². The van der Waals surface area contributed by atoms with Gasteiger partial charge in [0, 0.05) is 50.9 Å². The fourth-order valence-corrected chi connectivity index (χ4v) is 3.01. The average molecular weight is 287 g/mol. The van der Waals surface area contributed by atoms with Gasteiger partial charge in [-0.05, 0) is 23.6 Å². The van der Waals surface area contributed by atoms with E-state index in [2.05, 4.69) is 36.2 Å². The predicted octanol–water partition coefficient (Wildman–Crippen LogP) is 1.54. The Morgan fingerprint density at radius 1 is 1.10 bits per heavy atom. The van der Waals surface area contributed by atoms with E-state index in [0.717, 1.165) is 44.8 Å². The summed E-state index contributed by atoms with van der Waals surface area (Å²) in [6.45, 7) is 10.2. The van der Waals surface area contributed by atoms with Crippen molar-refractivity contribution in [2.45, 2.75) is 25.8 Å². The van der Waals surface area contributed by atoms with Crippen LogP contribution < -0.4 is 5.32 Å². The first-order valence-corrected chi connectivity index (χ1v) is 7.99. The molecular formula is C17H25N3O. The molecule has 0 radical (unpaired) electrons. The SMILES string of the molecule is CC(C)c1ccc(C(=O)N2CCN(C3CNC3)CC2)cc1. The molecule has 2 saturated heterocycles. The van der Waals surface area contributed by atoms with Crippen LogP contribution in [0.5, 0.6) is 0 Å². The third-order valence-corrected chi connectivity index (χ3v) is 4.70. The summed E-state index contributed by atoms with van der Waals surface area (Å²) in [5.74, 6) is 0.686. The Hall–Kier alpha value is -1.39. The Kier molecular flexibility index (Phi) is 4.27. The van der Waals surface area contributed by atoms with Gasteiger partial charge in [-0.2, -0.15) is 0 Å². The van der Waals surface area contributed by atoms with Gasteiger partial charge in [0.15, 0.2) is 0 Å². The van der Waals surface area contributed by atoms with Crippen molar-refractivity contribution in [2.75, 3.05) is 39.3 Å². The fourth-order valence-electron chi connectivity index (χ4n) is 3.01. The van der Waals surface area contributed by atoms with Crippen LogP contribution in [-0.4, -0.2) is 61.0 Å². The Morgan fingerprint density at radius 2 is 1.71 bits per heavy atom.